The van der Waals surface area contributed by atoms with Crippen molar-refractivity contribution in [3.8, 4) is 0 Å². The number of nitrogens with zero attached hydrogens (tertiary/aromatic N) is 1. The molecule has 108 valence electrons. The number of anilines is 1. The van der Waals surface area contributed by atoms with Crippen LogP contribution in [0.25, 0.3) is 0 Å². The second-order valence-corrected chi connectivity index (χ2v) is 4.64. The van der Waals surface area contributed by atoms with Gasteiger partial charge in [-0.1, -0.05) is 6.07 Å². The summed E-state index contributed by atoms with van der Waals surface area (Å²) in [6.45, 7) is 7.03. The van der Waals surface area contributed by atoms with Gasteiger partial charge in [-0.3, -0.25) is 0 Å². The van der Waals surface area contributed by atoms with Gasteiger partial charge in [0.1, 0.15) is 11.6 Å². The second-order valence-electron chi connectivity index (χ2n) is 4.64. The molecule has 0 saturated heterocycles. The van der Waals surface area contributed by atoms with Gasteiger partial charge >= 0.3 is 0 Å². The third kappa shape index (κ3) is 3.61. The molecule has 0 spiro atoms. The second kappa shape index (κ2) is 7.10. The number of benzene rings is 1. The molecule has 0 amide bonds. The van der Waals surface area contributed by atoms with E-state index in [1.807, 2.05) is 43.0 Å². The Morgan fingerprint density at radius 2 is 1.95 bits per heavy atom. The lowest BCUT2D eigenvalue weighted by Gasteiger charge is -2.22. The fourth-order valence-corrected chi connectivity index (χ4v) is 2.22. The molecule has 4 heteroatoms. The van der Waals surface area contributed by atoms with Gasteiger partial charge in [-0.25, -0.2) is 4.39 Å². The summed E-state index contributed by atoms with van der Waals surface area (Å²) >= 11 is 0. The van der Waals surface area contributed by atoms with E-state index in [0.717, 1.165) is 24.4 Å². The predicted octanol–water partition coefficient (Wildman–Crippen LogP) is 3.55. The van der Waals surface area contributed by atoms with E-state index in [2.05, 4.69) is 5.32 Å². The van der Waals surface area contributed by atoms with E-state index in [0.29, 0.717) is 18.8 Å². The fourth-order valence-electron chi connectivity index (χ4n) is 2.22. The van der Waals surface area contributed by atoms with Gasteiger partial charge in [0.25, 0.3) is 0 Å². The molecule has 1 heterocycles. The Kier molecular flexibility index (Phi) is 5.18. The SMILES string of the molecule is CCN(CC)c1cc(CNCc2ccco2)ccc1F. The molecule has 0 unspecified atom stereocenters. The van der Waals surface area contributed by atoms with Crippen molar-refractivity contribution in [1.82, 2.24) is 5.32 Å². The van der Waals surface area contributed by atoms with Crippen LogP contribution in [0.2, 0.25) is 0 Å². The van der Waals surface area contributed by atoms with Gasteiger partial charge in [0.2, 0.25) is 0 Å². The van der Waals surface area contributed by atoms with Crippen LogP contribution in [0.4, 0.5) is 10.1 Å². The van der Waals surface area contributed by atoms with Crippen LogP contribution in [0.5, 0.6) is 0 Å². The lowest BCUT2D eigenvalue weighted by molar-refractivity contribution is 0.483. The van der Waals surface area contributed by atoms with Crippen LogP contribution in [0.3, 0.4) is 0 Å². The summed E-state index contributed by atoms with van der Waals surface area (Å²) in [5.74, 6) is 0.736. The molecule has 0 aliphatic heterocycles. The summed E-state index contributed by atoms with van der Waals surface area (Å²) in [4.78, 5) is 2.02. The zero-order valence-electron chi connectivity index (χ0n) is 12.0. The van der Waals surface area contributed by atoms with Crippen LogP contribution in [-0.2, 0) is 13.1 Å². The van der Waals surface area contributed by atoms with E-state index in [4.69, 9.17) is 4.42 Å². The van der Waals surface area contributed by atoms with Crippen molar-refractivity contribution in [2.75, 3.05) is 18.0 Å². The summed E-state index contributed by atoms with van der Waals surface area (Å²) in [6, 6.07) is 9.07. The first-order valence-corrected chi connectivity index (χ1v) is 7.01. The standard InChI is InChI=1S/C16H21FN2O/c1-3-19(4-2)16-10-13(7-8-15(16)17)11-18-12-14-6-5-9-20-14/h5-10,18H,3-4,11-12H2,1-2H3. The highest BCUT2D eigenvalue weighted by Crippen LogP contribution is 2.20. The van der Waals surface area contributed by atoms with Crippen LogP contribution in [0.1, 0.15) is 25.2 Å². The first-order valence-electron chi connectivity index (χ1n) is 7.01. The Labute approximate surface area is 119 Å². The summed E-state index contributed by atoms with van der Waals surface area (Å²) < 4.78 is 19.1. The van der Waals surface area contributed by atoms with Gasteiger partial charge in [0, 0.05) is 19.6 Å². The van der Waals surface area contributed by atoms with Crippen molar-refractivity contribution in [3.05, 3.63) is 53.7 Å². The zero-order valence-corrected chi connectivity index (χ0v) is 12.0. The zero-order chi connectivity index (χ0) is 14.4. The molecule has 0 fully saturated rings. The van der Waals surface area contributed by atoms with Gasteiger partial charge in [-0.15, -0.1) is 0 Å². The van der Waals surface area contributed by atoms with Crippen molar-refractivity contribution in [2.45, 2.75) is 26.9 Å². The Hall–Kier alpha value is -1.81. The lowest BCUT2D eigenvalue weighted by Crippen LogP contribution is -2.23. The summed E-state index contributed by atoms with van der Waals surface area (Å²) in [5.41, 5.74) is 1.74. The van der Waals surface area contributed by atoms with Crippen LogP contribution in [-0.4, -0.2) is 13.1 Å². The smallest absolute Gasteiger partial charge is 0.146 e. The minimum absolute atomic E-state index is 0.163. The number of hydrogen-bond donors (Lipinski definition) is 1. The maximum atomic E-state index is 13.9. The van der Waals surface area contributed by atoms with Crippen LogP contribution in [0.15, 0.2) is 41.0 Å². The maximum Gasteiger partial charge on any atom is 0.146 e. The number of halogens is 1. The number of hydrogen-bond acceptors (Lipinski definition) is 3. The molecule has 1 aromatic heterocycles. The molecule has 20 heavy (non-hydrogen) atoms. The third-order valence-corrected chi connectivity index (χ3v) is 3.32. The topological polar surface area (TPSA) is 28.4 Å². The molecule has 0 bridgehead atoms. The van der Waals surface area contributed by atoms with Crippen molar-refractivity contribution in [3.63, 3.8) is 0 Å². The van der Waals surface area contributed by atoms with Crippen molar-refractivity contribution >= 4 is 5.69 Å². The predicted molar refractivity (Wildman–Crippen MR) is 79.2 cm³/mol. The molecule has 0 saturated carbocycles. The van der Waals surface area contributed by atoms with Gasteiger partial charge in [-0.2, -0.15) is 0 Å². The Balaban J connectivity index is 1.99. The Morgan fingerprint density at radius 1 is 1.15 bits per heavy atom. The highest BCUT2D eigenvalue weighted by Gasteiger charge is 2.09. The Morgan fingerprint density at radius 3 is 2.60 bits per heavy atom. The molecule has 0 aliphatic carbocycles. The largest absolute Gasteiger partial charge is 0.468 e. The monoisotopic (exact) mass is 276 g/mol. The van der Waals surface area contributed by atoms with Crippen molar-refractivity contribution in [1.29, 1.82) is 0 Å². The molecule has 1 aromatic carbocycles. The first kappa shape index (κ1) is 14.6. The van der Waals surface area contributed by atoms with Crippen LogP contribution < -0.4 is 10.2 Å². The molecule has 1 N–H and O–H groups in total. The van der Waals surface area contributed by atoms with E-state index in [9.17, 15) is 4.39 Å². The summed E-state index contributed by atoms with van der Waals surface area (Å²) in [5, 5.41) is 3.29. The minimum Gasteiger partial charge on any atom is -0.468 e. The third-order valence-electron chi connectivity index (χ3n) is 3.32. The summed E-state index contributed by atoms with van der Waals surface area (Å²) in [6.07, 6.45) is 1.66. The van der Waals surface area contributed by atoms with Gasteiger partial charge < -0.3 is 14.6 Å². The molecule has 2 rings (SSSR count). The van der Waals surface area contributed by atoms with Crippen LogP contribution in [0, 0.1) is 5.82 Å². The number of furan rings is 1. The highest BCUT2D eigenvalue weighted by molar-refractivity contribution is 5.49. The van der Waals surface area contributed by atoms with Gasteiger partial charge in [-0.05, 0) is 43.7 Å². The molecule has 0 aliphatic rings. The van der Waals surface area contributed by atoms with Crippen molar-refractivity contribution < 1.29 is 8.81 Å². The van der Waals surface area contributed by atoms with E-state index in [1.165, 1.54) is 6.07 Å². The molecule has 3 nitrogen and oxygen atoms in total. The normalized spacial score (nSPS) is 10.8. The van der Waals surface area contributed by atoms with Crippen molar-refractivity contribution in [2.24, 2.45) is 0 Å². The quantitative estimate of drug-likeness (QED) is 0.838. The minimum atomic E-state index is -0.163. The fraction of sp³-hybridized carbons (Fsp3) is 0.375. The molecular formula is C16H21FN2O. The van der Waals surface area contributed by atoms with Crippen LogP contribution >= 0.6 is 0 Å². The average molecular weight is 276 g/mol. The van der Waals surface area contributed by atoms with E-state index < -0.39 is 0 Å². The average Bonchev–Trinajstić information content (AvgIpc) is 2.96. The maximum absolute atomic E-state index is 13.9. The number of nitrogens with one attached hydrogen (secondary N) is 1. The molecular weight excluding hydrogens is 255 g/mol. The molecule has 0 radical (unpaired) electrons. The first-order chi connectivity index (χ1) is 9.74. The van der Waals surface area contributed by atoms with E-state index >= 15 is 0 Å². The van der Waals surface area contributed by atoms with Gasteiger partial charge in [0.05, 0.1) is 18.5 Å². The highest BCUT2D eigenvalue weighted by atomic mass is 19.1. The van der Waals surface area contributed by atoms with E-state index in [-0.39, 0.29) is 5.82 Å². The van der Waals surface area contributed by atoms with E-state index in [1.54, 1.807) is 6.26 Å². The number of rotatable bonds is 7. The molecule has 2 aromatic rings. The van der Waals surface area contributed by atoms with Gasteiger partial charge in [0.15, 0.2) is 0 Å². The lowest BCUT2D eigenvalue weighted by atomic mass is 10.1. The summed E-state index contributed by atoms with van der Waals surface area (Å²) in [7, 11) is 0. The Bertz CT molecular complexity index is 521. The molecule has 0 atom stereocenters.